The van der Waals surface area contributed by atoms with Gasteiger partial charge in [-0.2, -0.15) is 0 Å². The van der Waals surface area contributed by atoms with Crippen molar-refractivity contribution < 1.29 is 4.74 Å². The number of aromatic nitrogens is 2. The molecule has 0 spiro atoms. The standard InChI is InChI=1S/C20H32N4O/c1-20(9-5-15-25-20)19-21-10-6-17(22-19)16-23-13-7-18(8-14-23)24-11-3-2-4-12-24/h6,10,18H,2-5,7-9,11-16H2,1H3/t20-/m0/s1. The van der Waals surface area contributed by atoms with E-state index in [1.165, 1.54) is 58.3 Å². The summed E-state index contributed by atoms with van der Waals surface area (Å²) in [4.78, 5) is 14.6. The SMILES string of the molecule is C[C@@]1(c2nccc(CN3CCC(N4CCCCC4)CC3)n2)CCCO1. The van der Waals surface area contributed by atoms with E-state index in [-0.39, 0.29) is 5.60 Å². The lowest BCUT2D eigenvalue weighted by Gasteiger charge is -2.40. The third-order valence-corrected chi connectivity index (χ3v) is 6.25. The maximum Gasteiger partial charge on any atom is 0.160 e. The van der Waals surface area contributed by atoms with Crippen molar-refractivity contribution in [1.82, 2.24) is 19.8 Å². The van der Waals surface area contributed by atoms with Crippen LogP contribution in [0.25, 0.3) is 0 Å². The predicted molar refractivity (Wildman–Crippen MR) is 98.3 cm³/mol. The number of hydrogen-bond donors (Lipinski definition) is 0. The molecule has 0 aromatic carbocycles. The van der Waals surface area contributed by atoms with Gasteiger partial charge in [-0.3, -0.25) is 4.90 Å². The molecule has 5 nitrogen and oxygen atoms in total. The van der Waals surface area contributed by atoms with E-state index in [1.807, 2.05) is 6.20 Å². The van der Waals surface area contributed by atoms with Crippen molar-refractivity contribution >= 4 is 0 Å². The maximum absolute atomic E-state index is 5.91. The lowest BCUT2D eigenvalue weighted by atomic mass is 9.99. The van der Waals surface area contributed by atoms with Crippen molar-refractivity contribution in [3.05, 3.63) is 23.8 Å². The van der Waals surface area contributed by atoms with Gasteiger partial charge in [0, 0.05) is 38.5 Å². The fourth-order valence-electron chi connectivity index (χ4n) is 4.65. The first-order chi connectivity index (χ1) is 12.2. The van der Waals surface area contributed by atoms with E-state index in [0.717, 1.165) is 43.6 Å². The van der Waals surface area contributed by atoms with E-state index >= 15 is 0 Å². The van der Waals surface area contributed by atoms with Gasteiger partial charge in [-0.1, -0.05) is 6.42 Å². The molecule has 138 valence electrons. The minimum Gasteiger partial charge on any atom is -0.367 e. The summed E-state index contributed by atoms with van der Waals surface area (Å²) < 4.78 is 5.91. The Balaban J connectivity index is 1.32. The smallest absolute Gasteiger partial charge is 0.160 e. The first kappa shape index (κ1) is 17.4. The number of ether oxygens (including phenoxy) is 1. The molecule has 0 radical (unpaired) electrons. The molecule has 4 heterocycles. The monoisotopic (exact) mass is 344 g/mol. The van der Waals surface area contributed by atoms with E-state index in [2.05, 4.69) is 27.8 Å². The van der Waals surface area contributed by atoms with Crippen molar-refractivity contribution in [1.29, 1.82) is 0 Å². The van der Waals surface area contributed by atoms with Crippen LogP contribution in [0.3, 0.4) is 0 Å². The van der Waals surface area contributed by atoms with Gasteiger partial charge in [0.05, 0.1) is 5.69 Å². The van der Waals surface area contributed by atoms with Crippen molar-refractivity contribution in [2.75, 3.05) is 32.8 Å². The minimum atomic E-state index is -0.280. The maximum atomic E-state index is 5.91. The van der Waals surface area contributed by atoms with Crippen LogP contribution in [-0.4, -0.2) is 58.6 Å². The molecule has 0 bridgehead atoms. The molecular weight excluding hydrogens is 312 g/mol. The average molecular weight is 345 g/mol. The summed E-state index contributed by atoms with van der Waals surface area (Å²) in [5.41, 5.74) is 0.857. The fourth-order valence-corrected chi connectivity index (χ4v) is 4.65. The molecule has 0 aliphatic carbocycles. The Hall–Kier alpha value is -1.04. The Labute approximate surface area is 151 Å². The second kappa shape index (κ2) is 7.68. The van der Waals surface area contributed by atoms with Gasteiger partial charge in [0.2, 0.25) is 0 Å². The molecule has 5 heteroatoms. The zero-order valence-electron chi connectivity index (χ0n) is 15.6. The van der Waals surface area contributed by atoms with Crippen LogP contribution >= 0.6 is 0 Å². The Morgan fingerprint density at radius 3 is 2.64 bits per heavy atom. The van der Waals surface area contributed by atoms with E-state index in [0.29, 0.717) is 0 Å². The van der Waals surface area contributed by atoms with Crippen LogP contribution in [0, 0.1) is 0 Å². The highest BCUT2D eigenvalue weighted by atomic mass is 16.5. The number of hydrogen-bond acceptors (Lipinski definition) is 5. The molecule has 25 heavy (non-hydrogen) atoms. The van der Waals surface area contributed by atoms with E-state index in [1.54, 1.807) is 0 Å². The topological polar surface area (TPSA) is 41.5 Å². The molecule has 1 aromatic rings. The van der Waals surface area contributed by atoms with Gasteiger partial charge < -0.3 is 9.64 Å². The van der Waals surface area contributed by atoms with Gasteiger partial charge in [-0.05, 0) is 64.6 Å². The number of nitrogens with zero attached hydrogens (tertiary/aromatic N) is 4. The molecule has 0 saturated carbocycles. The zero-order chi connectivity index (χ0) is 17.1. The molecule has 3 fully saturated rings. The molecule has 1 aromatic heterocycles. The molecule has 3 aliphatic rings. The summed E-state index contributed by atoms with van der Waals surface area (Å²) in [5, 5.41) is 0. The zero-order valence-corrected chi connectivity index (χ0v) is 15.6. The average Bonchev–Trinajstić information content (AvgIpc) is 3.11. The lowest BCUT2D eigenvalue weighted by molar-refractivity contribution is 0.00895. The van der Waals surface area contributed by atoms with Crippen LogP contribution in [0.1, 0.15) is 63.4 Å². The van der Waals surface area contributed by atoms with Gasteiger partial charge >= 0.3 is 0 Å². The van der Waals surface area contributed by atoms with Gasteiger partial charge in [-0.25, -0.2) is 9.97 Å². The number of rotatable bonds is 4. The molecule has 1 atom stereocenters. The van der Waals surface area contributed by atoms with Gasteiger partial charge in [-0.15, -0.1) is 0 Å². The van der Waals surface area contributed by atoms with Gasteiger partial charge in [0.1, 0.15) is 5.60 Å². The van der Waals surface area contributed by atoms with E-state index < -0.39 is 0 Å². The molecular formula is C20H32N4O. The quantitative estimate of drug-likeness (QED) is 0.840. The van der Waals surface area contributed by atoms with Crippen molar-refractivity contribution in [2.24, 2.45) is 0 Å². The highest BCUT2D eigenvalue weighted by molar-refractivity contribution is 5.09. The second-order valence-electron chi connectivity index (χ2n) is 8.16. The van der Waals surface area contributed by atoms with E-state index in [4.69, 9.17) is 9.72 Å². The number of piperidine rings is 2. The second-order valence-corrected chi connectivity index (χ2v) is 8.16. The first-order valence-electron chi connectivity index (χ1n) is 10.2. The molecule has 0 N–H and O–H groups in total. The minimum absolute atomic E-state index is 0.280. The number of likely N-dealkylation sites (tertiary alicyclic amines) is 2. The fraction of sp³-hybridized carbons (Fsp3) is 0.800. The van der Waals surface area contributed by atoms with Crippen molar-refractivity contribution in [3.8, 4) is 0 Å². The summed E-state index contributed by atoms with van der Waals surface area (Å²) in [6, 6.07) is 2.88. The normalized spacial score (nSPS) is 30.0. The summed E-state index contributed by atoms with van der Waals surface area (Å²) in [6.07, 6.45) is 10.9. The summed E-state index contributed by atoms with van der Waals surface area (Å²) in [6.45, 7) is 8.91. The van der Waals surface area contributed by atoms with Crippen LogP contribution < -0.4 is 0 Å². The lowest BCUT2D eigenvalue weighted by Crippen LogP contribution is -2.46. The molecule has 3 saturated heterocycles. The van der Waals surface area contributed by atoms with Crippen LogP contribution in [0.15, 0.2) is 12.3 Å². The van der Waals surface area contributed by atoms with Gasteiger partial charge in [0.15, 0.2) is 5.82 Å². The van der Waals surface area contributed by atoms with Gasteiger partial charge in [0.25, 0.3) is 0 Å². The Morgan fingerprint density at radius 2 is 1.92 bits per heavy atom. The van der Waals surface area contributed by atoms with Crippen LogP contribution in [-0.2, 0) is 16.9 Å². The van der Waals surface area contributed by atoms with Crippen LogP contribution in [0.2, 0.25) is 0 Å². The summed E-state index contributed by atoms with van der Waals surface area (Å²) in [5.74, 6) is 0.866. The molecule has 0 amide bonds. The highest BCUT2D eigenvalue weighted by Crippen LogP contribution is 2.33. The third-order valence-electron chi connectivity index (χ3n) is 6.25. The van der Waals surface area contributed by atoms with E-state index in [9.17, 15) is 0 Å². The predicted octanol–water partition coefficient (Wildman–Crippen LogP) is 2.95. The third kappa shape index (κ3) is 4.04. The molecule has 0 unspecified atom stereocenters. The van der Waals surface area contributed by atoms with Crippen LogP contribution in [0.5, 0.6) is 0 Å². The summed E-state index contributed by atoms with van der Waals surface area (Å²) in [7, 11) is 0. The first-order valence-corrected chi connectivity index (χ1v) is 10.2. The Kier molecular flexibility index (Phi) is 5.34. The largest absolute Gasteiger partial charge is 0.367 e. The Bertz CT molecular complexity index is 559. The molecule has 3 aliphatic heterocycles. The Morgan fingerprint density at radius 1 is 1.12 bits per heavy atom. The molecule has 4 rings (SSSR count). The van der Waals surface area contributed by atoms with Crippen molar-refractivity contribution in [2.45, 2.75) is 70.1 Å². The highest BCUT2D eigenvalue weighted by Gasteiger charge is 2.35. The summed E-state index contributed by atoms with van der Waals surface area (Å²) >= 11 is 0. The van der Waals surface area contributed by atoms with Crippen molar-refractivity contribution in [3.63, 3.8) is 0 Å². The van der Waals surface area contributed by atoms with Crippen LogP contribution in [0.4, 0.5) is 0 Å².